The standard InChI is InChI=1S/C17H26N2O/c1-13(2)15-7-9-16(10-8-15)18-17(20)12-19-11-5-4-6-14(19)3/h7-10,13-14H,4-6,11-12H2,1-3H3,(H,18,20)/p+1/t14-/m1/s1. The number of likely N-dealkylation sites (tertiary alicyclic amines) is 1. The van der Waals surface area contributed by atoms with Crippen LogP contribution in [0.15, 0.2) is 24.3 Å². The first-order chi connectivity index (χ1) is 9.56. The largest absolute Gasteiger partial charge is 0.325 e. The van der Waals surface area contributed by atoms with Crippen LogP contribution in [0.5, 0.6) is 0 Å². The summed E-state index contributed by atoms with van der Waals surface area (Å²) in [6.07, 6.45) is 3.80. The van der Waals surface area contributed by atoms with Gasteiger partial charge in [-0.15, -0.1) is 0 Å². The van der Waals surface area contributed by atoms with E-state index in [4.69, 9.17) is 0 Å². The van der Waals surface area contributed by atoms with E-state index in [1.54, 1.807) is 0 Å². The van der Waals surface area contributed by atoms with Crippen molar-refractivity contribution in [3.8, 4) is 0 Å². The Morgan fingerprint density at radius 1 is 1.30 bits per heavy atom. The third-order valence-corrected chi connectivity index (χ3v) is 4.33. The molecule has 1 aromatic rings. The maximum absolute atomic E-state index is 12.1. The topological polar surface area (TPSA) is 33.5 Å². The number of carbonyl (C=O) groups excluding carboxylic acids is 1. The van der Waals surface area contributed by atoms with Gasteiger partial charge in [-0.05, 0) is 49.8 Å². The van der Waals surface area contributed by atoms with Crippen LogP contribution in [0.1, 0.15) is 51.5 Å². The first-order valence-corrected chi connectivity index (χ1v) is 7.80. The highest BCUT2D eigenvalue weighted by molar-refractivity contribution is 5.91. The van der Waals surface area contributed by atoms with Gasteiger partial charge in [-0.3, -0.25) is 4.79 Å². The van der Waals surface area contributed by atoms with Crippen molar-refractivity contribution in [3.63, 3.8) is 0 Å². The summed E-state index contributed by atoms with van der Waals surface area (Å²) in [5, 5.41) is 3.02. The monoisotopic (exact) mass is 275 g/mol. The van der Waals surface area contributed by atoms with Crippen LogP contribution in [0.3, 0.4) is 0 Å². The minimum atomic E-state index is 0.131. The summed E-state index contributed by atoms with van der Waals surface area (Å²) in [5.74, 6) is 0.657. The third kappa shape index (κ3) is 4.07. The molecule has 0 bridgehead atoms. The molecule has 20 heavy (non-hydrogen) atoms. The number of benzene rings is 1. The number of amides is 1. The Kier molecular flexibility index (Phi) is 5.18. The van der Waals surface area contributed by atoms with Crippen LogP contribution < -0.4 is 10.2 Å². The molecule has 0 saturated carbocycles. The lowest BCUT2D eigenvalue weighted by atomic mass is 10.0. The number of piperidine rings is 1. The molecule has 3 nitrogen and oxygen atoms in total. The van der Waals surface area contributed by atoms with Crippen LogP contribution in [0.4, 0.5) is 5.69 Å². The van der Waals surface area contributed by atoms with Crippen molar-refractivity contribution in [1.29, 1.82) is 0 Å². The zero-order valence-corrected chi connectivity index (χ0v) is 12.9. The Balaban J connectivity index is 1.87. The second-order valence-electron chi connectivity index (χ2n) is 6.31. The van der Waals surface area contributed by atoms with Gasteiger partial charge in [0.25, 0.3) is 5.91 Å². The predicted octanol–water partition coefficient (Wildman–Crippen LogP) is 2.21. The van der Waals surface area contributed by atoms with Gasteiger partial charge in [0.2, 0.25) is 0 Å². The molecule has 0 aromatic heterocycles. The summed E-state index contributed by atoms with van der Waals surface area (Å²) in [4.78, 5) is 13.5. The van der Waals surface area contributed by atoms with E-state index in [-0.39, 0.29) is 5.91 Å². The van der Waals surface area contributed by atoms with Gasteiger partial charge in [-0.25, -0.2) is 0 Å². The second kappa shape index (κ2) is 6.89. The maximum atomic E-state index is 12.1. The first-order valence-electron chi connectivity index (χ1n) is 7.80. The highest BCUT2D eigenvalue weighted by Gasteiger charge is 2.24. The molecular weight excluding hydrogens is 248 g/mol. The molecule has 0 radical (unpaired) electrons. The Morgan fingerprint density at radius 2 is 2.00 bits per heavy atom. The van der Waals surface area contributed by atoms with E-state index in [0.717, 1.165) is 12.2 Å². The van der Waals surface area contributed by atoms with E-state index in [1.165, 1.54) is 29.7 Å². The minimum Gasteiger partial charge on any atom is -0.325 e. The number of nitrogens with one attached hydrogen (secondary N) is 2. The Hall–Kier alpha value is -1.35. The van der Waals surface area contributed by atoms with Gasteiger partial charge in [0.15, 0.2) is 6.54 Å². The summed E-state index contributed by atoms with van der Waals surface area (Å²) in [5.41, 5.74) is 2.21. The van der Waals surface area contributed by atoms with E-state index < -0.39 is 0 Å². The van der Waals surface area contributed by atoms with Crippen LogP contribution in [-0.2, 0) is 4.79 Å². The lowest BCUT2D eigenvalue weighted by Crippen LogP contribution is -3.17. The highest BCUT2D eigenvalue weighted by Crippen LogP contribution is 2.16. The van der Waals surface area contributed by atoms with Crippen molar-refractivity contribution in [3.05, 3.63) is 29.8 Å². The van der Waals surface area contributed by atoms with Gasteiger partial charge in [-0.2, -0.15) is 0 Å². The summed E-state index contributed by atoms with van der Waals surface area (Å²) >= 11 is 0. The molecular formula is C17H27N2O+. The van der Waals surface area contributed by atoms with Crippen molar-refractivity contribution in [1.82, 2.24) is 0 Å². The molecule has 110 valence electrons. The van der Waals surface area contributed by atoms with Crippen LogP contribution >= 0.6 is 0 Å². The molecule has 1 aliphatic rings. The zero-order chi connectivity index (χ0) is 14.5. The van der Waals surface area contributed by atoms with E-state index in [9.17, 15) is 4.79 Å². The number of anilines is 1. The van der Waals surface area contributed by atoms with Crippen LogP contribution in [0.25, 0.3) is 0 Å². The normalized spacial score (nSPS) is 22.8. The van der Waals surface area contributed by atoms with Crippen molar-refractivity contribution in [2.45, 2.75) is 52.0 Å². The molecule has 3 heteroatoms. The fourth-order valence-corrected chi connectivity index (χ4v) is 2.88. The molecule has 0 spiro atoms. The van der Waals surface area contributed by atoms with Crippen LogP contribution in [0, 0.1) is 0 Å². The average Bonchev–Trinajstić information content (AvgIpc) is 2.42. The molecule has 1 unspecified atom stereocenters. The van der Waals surface area contributed by atoms with Gasteiger partial charge >= 0.3 is 0 Å². The molecule has 2 atom stereocenters. The predicted molar refractivity (Wildman–Crippen MR) is 83.2 cm³/mol. The van der Waals surface area contributed by atoms with Crippen LogP contribution in [-0.4, -0.2) is 25.0 Å². The number of carbonyl (C=O) groups is 1. The maximum Gasteiger partial charge on any atom is 0.279 e. The van der Waals surface area contributed by atoms with Crippen molar-refractivity contribution in [2.24, 2.45) is 0 Å². The molecule has 1 amide bonds. The summed E-state index contributed by atoms with van der Waals surface area (Å²) in [6.45, 7) is 8.32. The summed E-state index contributed by atoms with van der Waals surface area (Å²) in [7, 11) is 0. The van der Waals surface area contributed by atoms with E-state index in [0.29, 0.717) is 18.5 Å². The minimum absolute atomic E-state index is 0.131. The molecule has 1 aliphatic heterocycles. The third-order valence-electron chi connectivity index (χ3n) is 4.33. The number of hydrogen-bond donors (Lipinski definition) is 2. The fourth-order valence-electron chi connectivity index (χ4n) is 2.88. The Bertz CT molecular complexity index is 439. The SMILES string of the molecule is CC(C)c1ccc(NC(=O)C[NH+]2CCCC[C@H]2C)cc1. The number of quaternary nitrogens is 1. The average molecular weight is 275 g/mol. The summed E-state index contributed by atoms with van der Waals surface area (Å²) < 4.78 is 0. The molecule has 0 aliphatic carbocycles. The molecule has 1 heterocycles. The Morgan fingerprint density at radius 3 is 2.60 bits per heavy atom. The van der Waals surface area contributed by atoms with Gasteiger partial charge in [0.1, 0.15) is 0 Å². The smallest absolute Gasteiger partial charge is 0.279 e. The molecule has 1 fully saturated rings. The molecule has 2 N–H and O–H groups in total. The highest BCUT2D eigenvalue weighted by atomic mass is 16.2. The van der Waals surface area contributed by atoms with Gasteiger partial charge in [0.05, 0.1) is 12.6 Å². The lowest BCUT2D eigenvalue weighted by molar-refractivity contribution is -0.920. The molecule has 1 saturated heterocycles. The second-order valence-corrected chi connectivity index (χ2v) is 6.31. The molecule has 1 aromatic carbocycles. The molecule has 2 rings (SSSR count). The van der Waals surface area contributed by atoms with Gasteiger partial charge < -0.3 is 10.2 Å². The van der Waals surface area contributed by atoms with E-state index in [2.05, 4.69) is 38.2 Å². The Labute approximate surface area is 122 Å². The van der Waals surface area contributed by atoms with Crippen molar-refractivity contribution >= 4 is 11.6 Å². The van der Waals surface area contributed by atoms with Crippen molar-refractivity contribution < 1.29 is 9.69 Å². The van der Waals surface area contributed by atoms with Gasteiger partial charge in [0, 0.05) is 5.69 Å². The summed E-state index contributed by atoms with van der Waals surface area (Å²) in [6, 6.07) is 8.80. The van der Waals surface area contributed by atoms with Crippen molar-refractivity contribution in [2.75, 3.05) is 18.4 Å². The zero-order valence-electron chi connectivity index (χ0n) is 12.9. The van der Waals surface area contributed by atoms with Crippen LogP contribution in [0.2, 0.25) is 0 Å². The number of rotatable bonds is 4. The van der Waals surface area contributed by atoms with E-state index in [1.807, 2.05) is 12.1 Å². The van der Waals surface area contributed by atoms with E-state index >= 15 is 0 Å². The lowest BCUT2D eigenvalue weighted by Gasteiger charge is -2.29. The number of hydrogen-bond acceptors (Lipinski definition) is 1. The van der Waals surface area contributed by atoms with Gasteiger partial charge in [-0.1, -0.05) is 26.0 Å². The quantitative estimate of drug-likeness (QED) is 0.868. The fraction of sp³-hybridized carbons (Fsp3) is 0.588. The first kappa shape index (κ1) is 15.0.